The smallest absolute Gasteiger partial charge is 0.377 e. The van der Waals surface area contributed by atoms with E-state index in [9.17, 15) is 0 Å². The Morgan fingerprint density at radius 2 is 0.635 bits per heavy atom. The van der Waals surface area contributed by atoms with Crippen LogP contribution in [0.25, 0.3) is 20.4 Å². The first-order chi connectivity index (χ1) is 36.4. The fourth-order valence-corrected chi connectivity index (χ4v) is 27.8. The van der Waals surface area contributed by atoms with Gasteiger partial charge in [0.05, 0.1) is 30.4 Å². The molecule has 0 spiro atoms. The Kier molecular flexibility index (Phi) is 39.2. The molecule has 2 unspecified atom stereocenters. The van der Waals surface area contributed by atoms with Gasteiger partial charge in [0.1, 0.15) is 0 Å². The Morgan fingerprint density at radius 3 is 0.919 bits per heavy atom. The van der Waals surface area contributed by atoms with Crippen molar-refractivity contribution in [1.82, 2.24) is 9.97 Å². The van der Waals surface area contributed by atoms with E-state index in [2.05, 4.69) is 48.5 Å². The summed E-state index contributed by atoms with van der Waals surface area (Å²) in [6, 6.07) is 19.2. The minimum atomic E-state index is -2.39. The summed E-state index contributed by atoms with van der Waals surface area (Å²) in [6.45, 7) is 0. The molecule has 4 aromatic rings. The number of para-hydroxylation sites is 2. The summed E-state index contributed by atoms with van der Waals surface area (Å²) in [6.07, 6.45) is 39.9. The van der Waals surface area contributed by atoms with Crippen LogP contribution in [-0.2, 0) is 26.6 Å². The lowest BCUT2D eigenvalue weighted by Crippen LogP contribution is -2.42. The summed E-state index contributed by atoms with van der Waals surface area (Å²) in [7, 11) is 17.3. The van der Waals surface area contributed by atoms with Crippen molar-refractivity contribution in [2.75, 3.05) is 54.2 Å². The van der Waals surface area contributed by atoms with Gasteiger partial charge in [0.15, 0.2) is 0 Å². The number of nitrogens with zero attached hydrogens (tertiary/aromatic N) is 2. The highest BCUT2D eigenvalue weighted by Crippen LogP contribution is 2.54. The predicted octanol–water partition coefficient (Wildman–Crippen LogP) is 21.2. The number of thiazole rings is 2. The lowest BCUT2D eigenvalue weighted by molar-refractivity contribution is 0.122. The third-order valence-electron chi connectivity index (χ3n) is 14.5. The third-order valence-corrected chi connectivity index (χ3v) is 33.6. The molecule has 2 aromatic carbocycles. The van der Waals surface area contributed by atoms with Gasteiger partial charge in [0.2, 0.25) is 0 Å². The molecule has 8 nitrogen and oxygen atoms in total. The van der Waals surface area contributed by atoms with Crippen molar-refractivity contribution in [2.24, 2.45) is 0 Å². The number of aromatic nitrogens is 2. The average molecular weight is 1210 g/mol. The second-order valence-corrected chi connectivity index (χ2v) is 37.8. The van der Waals surface area contributed by atoms with Gasteiger partial charge in [-0.25, -0.2) is 9.97 Å². The van der Waals surface area contributed by atoms with Crippen molar-refractivity contribution in [2.45, 2.75) is 217 Å². The number of hydrogen-bond acceptors (Lipinski definition) is 16. The van der Waals surface area contributed by atoms with Gasteiger partial charge in [-0.3, -0.25) is 0 Å². The van der Waals surface area contributed by atoms with Gasteiger partial charge in [-0.1, -0.05) is 213 Å². The molecule has 0 aliphatic heterocycles. The van der Waals surface area contributed by atoms with Gasteiger partial charge in [-0.2, -0.15) is 0 Å². The molecule has 2 atom stereocenters. The predicted molar refractivity (Wildman–Crippen MR) is 342 cm³/mol. The molecule has 74 heavy (non-hydrogen) atoms. The Labute approximate surface area is 483 Å². The van der Waals surface area contributed by atoms with Gasteiger partial charge >= 0.3 is 17.6 Å². The molecular weight excluding hydrogens is 1110 g/mol. The zero-order chi connectivity index (χ0) is 52.6. The van der Waals surface area contributed by atoms with Crippen LogP contribution < -0.4 is 0 Å². The molecular formula is C56H96N2O6S8Si2. The molecule has 0 aliphatic carbocycles. The largest absolute Gasteiger partial charge is 0.500 e. The molecule has 0 fully saturated rings. The van der Waals surface area contributed by atoms with Crippen LogP contribution in [0.2, 0.25) is 12.1 Å². The minimum absolute atomic E-state index is 0.522. The van der Waals surface area contributed by atoms with Crippen LogP contribution in [0.4, 0.5) is 0 Å². The fourth-order valence-electron chi connectivity index (χ4n) is 9.79. The van der Waals surface area contributed by atoms with Crippen LogP contribution in [0.3, 0.4) is 0 Å². The van der Waals surface area contributed by atoms with Gasteiger partial charge < -0.3 is 26.6 Å². The number of benzene rings is 2. The van der Waals surface area contributed by atoms with Gasteiger partial charge in [0.25, 0.3) is 0 Å². The molecule has 0 saturated heterocycles. The molecule has 0 radical (unpaired) electrons. The van der Waals surface area contributed by atoms with E-state index in [1.807, 2.05) is 83.6 Å². The molecule has 4 rings (SSSR count). The van der Waals surface area contributed by atoms with E-state index in [4.69, 9.17) is 36.5 Å². The first-order valence-electron chi connectivity index (χ1n) is 28.4. The summed E-state index contributed by atoms with van der Waals surface area (Å²) in [5, 5.41) is 2.66. The summed E-state index contributed by atoms with van der Waals surface area (Å²) in [4.78, 5) is 10.3. The lowest BCUT2D eigenvalue weighted by Gasteiger charge is -2.24. The van der Waals surface area contributed by atoms with E-state index < -0.39 is 17.6 Å². The SMILES string of the molecule is CO[Si](CCCCCCCCCCCCCCCCC(CSSSSSSCC(CCCCCCCCCCCCCCCC[Si](OC)(OC)OC)c1nc2ccccc2s1)c1nc2ccccc2s1)(OC)OC. The van der Waals surface area contributed by atoms with E-state index >= 15 is 0 Å². The maximum absolute atomic E-state index is 5.55. The van der Waals surface area contributed by atoms with E-state index in [1.54, 1.807) is 42.7 Å². The molecule has 18 heteroatoms. The van der Waals surface area contributed by atoms with Gasteiger partial charge in [-0.15, -0.1) is 22.7 Å². The fraction of sp³-hybridized carbons (Fsp3) is 0.750. The maximum Gasteiger partial charge on any atom is 0.500 e. The van der Waals surface area contributed by atoms with Crippen LogP contribution in [-0.4, -0.2) is 81.7 Å². The molecule has 0 saturated carbocycles. The normalized spacial score (nSPS) is 13.2. The van der Waals surface area contributed by atoms with Crippen LogP contribution in [0.1, 0.15) is 214 Å². The highest BCUT2D eigenvalue weighted by atomic mass is 33.9. The van der Waals surface area contributed by atoms with Crippen molar-refractivity contribution in [1.29, 1.82) is 0 Å². The third kappa shape index (κ3) is 27.8. The highest BCUT2D eigenvalue weighted by molar-refractivity contribution is 9.41. The molecule has 2 aromatic heterocycles. The summed E-state index contributed by atoms with van der Waals surface area (Å²) >= 11 is 3.83. The van der Waals surface area contributed by atoms with Crippen LogP contribution in [0, 0.1) is 0 Å². The van der Waals surface area contributed by atoms with Crippen molar-refractivity contribution >= 4 is 122 Å². The second kappa shape index (κ2) is 43.3. The van der Waals surface area contributed by atoms with E-state index in [0.717, 1.165) is 47.5 Å². The van der Waals surface area contributed by atoms with Crippen LogP contribution >= 0.6 is 83.6 Å². The molecule has 0 amide bonds. The first-order valence-corrected chi connectivity index (χ1v) is 41.7. The minimum Gasteiger partial charge on any atom is -0.377 e. The second-order valence-electron chi connectivity index (χ2n) is 19.8. The van der Waals surface area contributed by atoms with E-state index in [1.165, 1.54) is 199 Å². The Hall–Kier alpha value is 0.514. The van der Waals surface area contributed by atoms with Crippen molar-refractivity contribution in [3.63, 3.8) is 0 Å². The molecule has 0 aliphatic rings. The first kappa shape index (κ1) is 67.0. The summed E-state index contributed by atoms with van der Waals surface area (Å²) in [5.41, 5.74) is 2.32. The molecule has 422 valence electrons. The average Bonchev–Trinajstić information content (AvgIpc) is 4.08. The van der Waals surface area contributed by atoms with Gasteiger partial charge in [-0.05, 0) is 89.3 Å². The number of unbranched alkanes of at least 4 members (excludes halogenated alkanes) is 26. The number of hydrogen-bond donors (Lipinski definition) is 0. The van der Waals surface area contributed by atoms with E-state index in [0.29, 0.717) is 11.8 Å². The van der Waals surface area contributed by atoms with Crippen molar-refractivity contribution < 1.29 is 26.6 Å². The Balaban J connectivity index is 1.03. The lowest BCUT2D eigenvalue weighted by atomic mass is 10.0. The summed E-state index contributed by atoms with van der Waals surface area (Å²) < 4.78 is 36.0. The van der Waals surface area contributed by atoms with Crippen LogP contribution in [0.5, 0.6) is 0 Å². The molecule has 2 heterocycles. The highest BCUT2D eigenvalue weighted by Gasteiger charge is 2.37. The van der Waals surface area contributed by atoms with Crippen LogP contribution in [0.15, 0.2) is 48.5 Å². The topological polar surface area (TPSA) is 81.2 Å². The quantitative estimate of drug-likeness (QED) is 0.0239. The summed E-state index contributed by atoms with van der Waals surface area (Å²) in [5.74, 6) is 3.29. The van der Waals surface area contributed by atoms with Gasteiger partial charge in [0, 0.05) is 78.1 Å². The monoisotopic (exact) mass is 1200 g/mol. The Bertz CT molecular complexity index is 1730. The zero-order valence-electron chi connectivity index (χ0n) is 46.4. The number of rotatable bonds is 51. The standard InChI is InChI=1S/C56H96N2O6S8Si2/c1-59-73(60-2,61-3)45-37-29-25-21-17-13-9-7-11-15-19-23-27-31-39-49(55-57-51-41-33-35-43-53(51)67-55)47-65-69-71-72-70-66-48-50(56-58-52-42-34-36-44-54(52)68-56)40-32-28-24-20-16-12-8-10-14-18-22-26-30-38-46-74(62-4,63-5)64-6/h33-36,41-44,49-50H,7-32,37-40,45-48H2,1-6H3. The van der Waals surface area contributed by atoms with Crippen molar-refractivity contribution in [3.05, 3.63) is 58.5 Å². The van der Waals surface area contributed by atoms with E-state index in [-0.39, 0.29) is 0 Å². The van der Waals surface area contributed by atoms with Crippen molar-refractivity contribution in [3.8, 4) is 0 Å². The molecule has 0 N–H and O–H groups in total. The number of fused-ring (bicyclic) bond motifs is 2. The zero-order valence-corrected chi connectivity index (χ0v) is 55.0. The maximum atomic E-state index is 5.55. The molecule has 0 bridgehead atoms. The Morgan fingerprint density at radius 1 is 0.365 bits per heavy atom.